The molecular formula is C13H26N2O2S. The minimum atomic E-state index is -0.0359. The molecule has 1 unspecified atom stereocenters. The molecule has 2 N–H and O–H groups in total. The normalized spacial score (nSPS) is 23.1. The highest BCUT2D eigenvalue weighted by Gasteiger charge is 2.30. The topological polar surface area (TPSA) is 52.6 Å². The zero-order valence-electron chi connectivity index (χ0n) is 11.6. The standard InChI is InChI=1S/C13H26N2O2S/c1-3-4-7-15(8-9-16)12(17)14-11-13(2)6-5-10-18-13/h16H,3-11H2,1-2H3,(H,14,17). The van der Waals surface area contributed by atoms with Crippen LogP contribution in [0.5, 0.6) is 0 Å². The summed E-state index contributed by atoms with van der Waals surface area (Å²) >= 11 is 1.95. The van der Waals surface area contributed by atoms with Crippen molar-refractivity contribution >= 4 is 17.8 Å². The Kier molecular flexibility index (Phi) is 6.86. The second kappa shape index (κ2) is 7.89. The lowest BCUT2D eigenvalue weighted by molar-refractivity contribution is 0.175. The summed E-state index contributed by atoms with van der Waals surface area (Å²) in [5.41, 5.74) is 0. The summed E-state index contributed by atoms with van der Waals surface area (Å²) in [6.45, 7) is 6.23. The molecule has 0 aromatic heterocycles. The van der Waals surface area contributed by atoms with Crippen LogP contribution in [0, 0.1) is 0 Å². The van der Waals surface area contributed by atoms with E-state index in [1.165, 1.54) is 18.6 Å². The van der Waals surface area contributed by atoms with Crippen LogP contribution in [0.4, 0.5) is 4.79 Å². The first-order valence-corrected chi connectivity index (χ1v) is 7.87. The van der Waals surface area contributed by atoms with Gasteiger partial charge < -0.3 is 15.3 Å². The molecule has 0 aliphatic carbocycles. The lowest BCUT2D eigenvalue weighted by Gasteiger charge is -2.27. The second-order valence-electron chi connectivity index (χ2n) is 5.12. The molecule has 5 heteroatoms. The minimum absolute atomic E-state index is 0.0309. The number of carbonyl (C=O) groups excluding carboxylic acids is 1. The van der Waals surface area contributed by atoms with Crippen LogP contribution in [-0.4, -0.2) is 52.8 Å². The van der Waals surface area contributed by atoms with Crippen LogP contribution in [0.2, 0.25) is 0 Å². The minimum Gasteiger partial charge on any atom is -0.395 e. The number of thioether (sulfide) groups is 1. The van der Waals surface area contributed by atoms with Crippen LogP contribution < -0.4 is 5.32 Å². The maximum atomic E-state index is 12.0. The molecule has 0 spiro atoms. The van der Waals surface area contributed by atoms with E-state index in [4.69, 9.17) is 5.11 Å². The Morgan fingerprint density at radius 2 is 2.28 bits per heavy atom. The van der Waals surface area contributed by atoms with E-state index in [9.17, 15) is 4.79 Å². The summed E-state index contributed by atoms with van der Waals surface area (Å²) in [5, 5.41) is 12.0. The van der Waals surface area contributed by atoms with Gasteiger partial charge in [0.1, 0.15) is 0 Å². The Balaban J connectivity index is 2.35. The number of aliphatic hydroxyl groups excluding tert-OH is 1. The van der Waals surface area contributed by atoms with Crippen molar-refractivity contribution in [3.05, 3.63) is 0 Å². The molecule has 106 valence electrons. The second-order valence-corrected chi connectivity index (χ2v) is 6.81. The number of aliphatic hydroxyl groups is 1. The van der Waals surface area contributed by atoms with Gasteiger partial charge in [0.2, 0.25) is 0 Å². The molecule has 1 aliphatic rings. The van der Waals surface area contributed by atoms with E-state index >= 15 is 0 Å². The molecule has 0 saturated carbocycles. The highest BCUT2D eigenvalue weighted by molar-refractivity contribution is 8.00. The fourth-order valence-electron chi connectivity index (χ4n) is 2.14. The number of hydrogen-bond acceptors (Lipinski definition) is 3. The van der Waals surface area contributed by atoms with Gasteiger partial charge in [-0.05, 0) is 31.9 Å². The number of carbonyl (C=O) groups is 1. The molecule has 0 bridgehead atoms. The van der Waals surface area contributed by atoms with Crippen LogP contribution in [0.25, 0.3) is 0 Å². The summed E-state index contributed by atoms with van der Waals surface area (Å²) in [6.07, 6.45) is 4.46. The van der Waals surface area contributed by atoms with Gasteiger partial charge >= 0.3 is 6.03 Å². The average molecular weight is 274 g/mol. The number of unbranched alkanes of at least 4 members (excludes halogenated alkanes) is 1. The van der Waals surface area contributed by atoms with E-state index in [1.807, 2.05) is 11.8 Å². The molecule has 1 aliphatic heterocycles. The van der Waals surface area contributed by atoms with Crippen LogP contribution in [0.3, 0.4) is 0 Å². The summed E-state index contributed by atoms with van der Waals surface area (Å²) in [7, 11) is 0. The Bertz CT molecular complexity index is 255. The van der Waals surface area contributed by atoms with Crippen molar-refractivity contribution < 1.29 is 9.90 Å². The summed E-state index contributed by atoms with van der Waals surface area (Å²) in [5.74, 6) is 1.20. The molecule has 0 aromatic carbocycles. The average Bonchev–Trinajstić information content (AvgIpc) is 2.79. The van der Waals surface area contributed by atoms with Gasteiger partial charge in [-0.25, -0.2) is 4.79 Å². The van der Waals surface area contributed by atoms with E-state index < -0.39 is 0 Å². The Morgan fingerprint density at radius 3 is 2.83 bits per heavy atom. The summed E-state index contributed by atoms with van der Waals surface area (Å²) in [6, 6.07) is -0.0359. The van der Waals surface area contributed by atoms with E-state index in [1.54, 1.807) is 4.90 Å². The highest BCUT2D eigenvalue weighted by Crippen LogP contribution is 2.36. The molecule has 1 atom stereocenters. The zero-order valence-corrected chi connectivity index (χ0v) is 12.4. The van der Waals surface area contributed by atoms with Crippen molar-refractivity contribution in [2.45, 2.75) is 44.3 Å². The first kappa shape index (κ1) is 15.6. The van der Waals surface area contributed by atoms with E-state index in [0.29, 0.717) is 6.54 Å². The van der Waals surface area contributed by atoms with Gasteiger partial charge in [0.15, 0.2) is 0 Å². The quantitative estimate of drug-likeness (QED) is 0.747. The van der Waals surface area contributed by atoms with Gasteiger partial charge in [-0.2, -0.15) is 11.8 Å². The molecule has 0 aromatic rings. The van der Waals surface area contributed by atoms with E-state index in [2.05, 4.69) is 19.2 Å². The van der Waals surface area contributed by atoms with Crippen molar-refractivity contribution in [3.63, 3.8) is 0 Å². The monoisotopic (exact) mass is 274 g/mol. The highest BCUT2D eigenvalue weighted by atomic mass is 32.2. The molecule has 1 heterocycles. The molecule has 4 nitrogen and oxygen atoms in total. The molecule has 2 amide bonds. The lowest BCUT2D eigenvalue weighted by atomic mass is 10.1. The summed E-state index contributed by atoms with van der Waals surface area (Å²) in [4.78, 5) is 13.7. The maximum Gasteiger partial charge on any atom is 0.317 e. The van der Waals surface area contributed by atoms with Crippen LogP contribution in [-0.2, 0) is 0 Å². The predicted molar refractivity (Wildman–Crippen MR) is 77.1 cm³/mol. The van der Waals surface area contributed by atoms with Gasteiger partial charge in [0, 0.05) is 24.4 Å². The SMILES string of the molecule is CCCCN(CCO)C(=O)NCC1(C)CCCS1. The number of hydrogen-bond donors (Lipinski definition) is 2. The van der Waals surface area contributed by atoms with Crippen LogP contribution in [0.1, 0.15) is 39.5 Å². The molecule has 1 saturated heterocycles. The van der Waals surface area contributed by atoms with Gasteiger partial charge in [0.05, 0.1) is 6.61 Å². The van der Waals surface area contributed by atoms with Gasteiger partial charge in [-0.15, -0.1) is 0 Å². The molecular weight excluding hydrogens is 248 g/mol. The molecule has 1 rings (SSSR count). The Hall–Kier alpha value is -0.420. The van der Waals surface area contributed by atoms with Crippen LogP contribution >= 0.6 is 11.8 Å². The van der Waals surface area contributed by atoms with Crippen LogP contribution in [0.15, 0.2) is 0 Å². The van der Waals surface area contributed by atoms with Gasteiger partial charge in [0.25, 0.3) is 0 Å². The van der Waals surface area contributed by atoms with Crippen molar-refractivity contribution in [3.8, 4) is 0 Å². The third kappa shape index (κ3) is 5.06. The Labute approximate surface area is 115 Å². The Morgan fingerprint density at radius 1 is 1.50 bits per heavy atom. The van der Waals surface area contributed by atoms with Crippen molar-refractivity contribution in [2.75, 3.05) is 32.0 Å². The number of urea groups is 1. The predicted octanol–water partition coefficient (Wildman–Crippen LogP) is 2.08. The zero-order chi connectivity index (χ0) is 13.4. The van der Waals surface area contributed by atoms with Crippen molar-refractivity contribution in [2.24, 2.45) is 0 Å². The molecule has 18 heavy (non-hydrogen) atoms. The smallest absolute Gasteiger partial charge is 0.317 e. The fourth-order valence-corrected chi connectivity index (χ4v) is 3.38. The van der Waals surface area contributed by atoms with E-state index in [-0.39, 0.29) is 17.4 Å². The number of nitrogens with zero attached hydrogens (tertiary/aromatic N) is 1. The van der Waals surface area contributed by atoms with Crippen molar-refractivity contribution in [1.29, 1.82) is 0 Å². The maximum absolute atomic E-state index is 12.0. The number of nitrogens with one attached hydrogen (secondary N) is 1. The number of amides is 2. The third-order valence-electron chi connectivity index (χ3n) is 3.35. The first-order valence-electron chi connectivity index (χ1n) is 6.89. The number of rotatable bonds is 7. The molecule has 0 radical (unpaired) electrons. The fraction of sp³-hybridized carbons (Fsp3) is 0.923. The van der Waals surface area contributed by atoms with E-state index in [0.717, 1.165) is 25.9 Å². The lowest BCUT2D eigenvalue weighted by Crippen LogP contribution is -2.46. The largest absolute Gasteiger partial charge is 0.395 e. The first-order chi connectivity index (χ1) is 8.61. The third-order valence-corrected chi connectivity index (χ3v) is 4.89. The van der Waals surface area contributed by atoms with Gasteiger partial charge in [-0.1, -0.05) is 13.3 Å². The summed E-state index contributed by atoms with van der Waals surface area (Å²) < 4.78 is 0.200. The van der Waals surface area contributed by atoms with Crippen molar-refractivity contribution in [1.82, 2.24) is 10.2 Å². The van der Waals surface area contributed by atoms with Gasteiger partial charge in [-0.3, -0.25) is 0 Å². The molecule has 1 fully saturated rings.